The van der Waals surface area contributed by atoms with Crippen molar-refractivity contribution in [1.29, 1.82) is 0 Å². The molecule has 3 nitrogen and oxygen atoms in total. The molecule has 1 fully saturated rings. The third-order valence-electron chi connectivity index (χ3n) is 2.49. The zero-order valence-corrected chi connectivity index (χ0v) is 8.62. The van der Waals surface area contributed by atoms with Gasteiger partial charge in [-0.25, -0.2) is 0 Å². The van der Waals surface area contributed by atoms with Gasteiger partial charge in [0.05, 0.1) is 12.7 Å². The van der Waals surface area contributed by atoms with Gasteiger partial charge in [-0.1, -0.05) is 0 Å². The Hall–Kier alpha value is -0.120. The van der Waals surface area contributed by atoms with E-state index in [1.807, 2.05) is 6.92 Å². The summed E-state index contributed by atoms with van der Waals surface area (Å²) in [4.78, 5) is 0. The van der Waals surface area contributed by atoms with Crippen LogP contribution < -0.4 is 5.32 Å². The van der Waals surface area contributed by atoms with Crippen molar-refractivity contribution in [2.75, 3.05) is 19.8 Å². The van der Waals surface area contributed by atoms with E-state index >= 15 is 0 Å². The minimum absolute atomic E-state index is 0.157. The van der Waals surface area contributed by atoms with E-state index in [0.717, 1.165) is 25.7 Å². The van der Waals surface area contributed by atoms with Gasteiger partial charge in [0.2, 0.25) is 0 Å². The van der Waals surface area contributed by atoms with Crippen molar-refractivity contribution in [2.45, 2.75) is 38.8 Å². The lowest BCUT2D eigenvalue weighted by Gasteiger charge is -2.16. The third kappa shape index (κ3) is 5.24. The number of rotatable bonds is 7. The van der Waals surface area contributed by atoms with E-state index in [1.165, 1.54) is 12.8 Å². The summed E-state index contributed by atoms with van der Waals surface area (Å²) in [5.41, 5.74) is 0. The van der Waals surface area contributed by atoms with Crippen LogP contribution in [0, 0.1) is 5.92 Å². The first-order valence-corrected chi connectivity index (χ1v) is 5.19. The minimum Gasteiger partial charge on any atom is -0.392 e. The Balaban J connectivity index is 1.82. The second-order valence-electron chi connectivity index (χ2n) is 4.00. The van der Waals surface area contributed by atoms with Crippen molar-refractivity contribution in [3.63, 3.8) is 0 Å². The highest BCUT2D eigenvalue weighted by Gasteiger charge is 2.20. The van der Waals surface area contributed by atoms with Crippen molar-refractivity contribution < 1.29 is 9.84 Å². The van der Waals surface area contributed by atoms with Gasteiger partial charge in [-0.05, 0) is 32.6 Å². The van der Waals surface area contributed by atoms with Crippen LogP contribution >= 0.6 is 0 Å². The van der Waals surface area contributed by atoms with E-state index < -0.39 is 0 Å². The predicted octanol–water partition coefficient (Wildman–Crippen LogP) is 0.772. The van der Waals surface area contributed by atoms with Crippen LogP contribution in [0.5, 0.6) is 0 Å². The highest BCUT2D eigenvalue weighted by Crippen LogP contribution is 2.28. The van der Waals surface area contributed by atoms with Gasteiger partial charge in [0, 0.05) is 19.2 Å². The Morgan fingerprint density at radius 1 is 1.46 bits per heavy atom. The van der Waals surface area contributed by atoms with Crippen LogP contribution in [0.1, 0.15) is 26.7 Å². The fourth-order valence-corrected chi connectivity index (χ4v) is 1.06. The lowest BCUT2D eigenvalue weighted by atomic mass is 10.2. The molecule has 0 aromatic heterocycles. The largest absolute Gasteiger partial charge is 0.392 e. The van der Waals surface area contributed by atoms with Crippen LogP contribution in [-0.4, -0.2) is 37.0 Å². The maximum Gasteiger partial charge on any atom is 0.0662 e. The van der Waals surface area contributed by atoms with Gasteiger partial charge in [-0.15, -0.1) is 0 Å². The molecule has 0 spiro atoms. The third-order valence-corrected chi connectivity index (χ3v) is 2.49. The SMILES string of the molecule is CC(O)C(C)NCCOCC1CC1. The van der Waals surface area contributed by atoms with Crippen LogP contribution in [0.4, 0.5) is 0 Å². The summed E-state index contributed by atoms with van der Waals surface area (Å²) in [5.74, 6) is 0.842. The Bertz CT molecular complexity index is 135. The Morgan fingerprint density at radius 3 is 2.69 bits per heavy atom. The van der Waals surface area contributed by atoms with Crippen molar-refractivity contribution in [3.8, 4) is 0 Å². The average Bonchev–Trinajstić information content (AvgIpc) is 2.87. The molecule has 0 radical (unpaired) electrons. The molecule has 0 amide bonds. The molecule has 2 N–H and O–H groups in total. The summed E-state index contributed by atoms with van der Waals surface area (Å²) < 4.78 is 5.44. The molecule has 1 saturated carbocycles. The number of nitrogens with one attached hydrogen (secondary N) is 1. The standard InChI is InChI=1S/C10H21NO2/c1-8(9(2)12)11-5-6-13-7-10-3-4-10/h8-12H,3-7H2,1-2H3. The number of ether oxygens (including phenoxy) is 1. The quantitative estimate of drug-likeness (QED) is 0.578. The molecule has 2 atom stereocenters. The molecule has 0 heterocycles. The van der Waals surface area contributed by atoms with Crippen molar-refractivity contribution in [3.05, 3.63) is 0 Å². The Kier molecular flexibility index (Phi) is 4.70. The summed E-state index contributed by atoms with van der Waals surface area (Å²) in [6.45, 7) is 6.28. The van der Waals surface area contributed by atoms with E-state index in [2.05, 4.69) is 5.32 Å². The second-order valence-corrected chi connectivity index (χ2v) is 4.00. The summed E-state index contributed by atoms with van der Waals surface area (Å²) >= 11 is 0. The molecule has 0 saturated heterocycles. The molecule has 1 rings (SSSR count). The smallest absolute Gasteiger partial charge is 0.0662 e. The predicted molar refractivity (Wildman–Crippen MR) is 52.7 cm³/mol. The minimum atomic E-state index is -0.288. The molecule has 1 aliphatic rings. The average molecular weight is 187 g/mol. The lowest BCUT2D eigenvalue weighted by Crippen LogP contribution is -2.37. The molecule has 1 aliphatic carbocycles. The molecule has 2 unspecified atom stereocenters. The molecule has 3 heteroatoms. The van der Waals surface area contributed by atoms with Gasteiger partial charge in [0.25, 0.3) is 0 Å². The van der Waals surface area contributed by atoms with E-state index in [-0.39, 0.29) is 12.1 Å². The molecule has 13 heavy (non-hydrogen) atoms. The molecule has 0 aromatic rings. The number of aliphatic hydroxyl groups is 1. The van der Waals surface area contributed by atoms with Gasteiger partial charge in [0.1, 0.15) is 0 Å². The topological polar surface area (TPSA) is 41.5 Å². The first-order chi connectivity index (χ1) is 6.20. The van der Waals surface area contributed by atoms with E-state index in [0.29, 0.717) is 0 Å². The highest BCUT2D eigenvalue weighted by atomic mass is 16.5. The number of aliphatic hydroxyl groups excluding tert-OH is 1. The van der Waals surface area contributed by atoms with Crippen LogP contribution in [0.3, 0.4) is 0 Å². The van der Waals surface area contributed by atoms with Crippen LogP contribution in [-0.2, 0) is 4.74 Å². The van der Waals surface area contributed by atoms with Crippen LogP contribution in [0.15, 0.2) is 0 Å². The first kappa shape index (κ1) is 11.0. The maximum absolute atomic E-state index is 9.17. The molecular formula is C10H21NO2. The normalized spacial score (nSPS) is 21.5. The fraction of sp³-hybridized carbons (Fsp3) is 1.00. The molecule has 0 bridgehead atoms. The summed E-state index contributed by atoms with van der Waals surface area (Å²) in [6, 6.07) is 0.157. The maximum atomic E-state index is 9.17. The van der Waals surface area contributed by atoms with Crippen LogP contribution in [0.25, 0.3) is 0 Å². The molecule has 78 valence electrons. The van der Waals surface area contributed by atoms with Crippen molar-refractivity contribution in [1.82, 2.24) is 5.32 Å². The van der Waals surface area contributed by atoms with Gasteiger partial charge >= 0.3 is 0 Å². The summed E-state index contributed by atoms with van der Waals surface area (Å²) in [7, 11) is 0. The molecular weight excluding hydrogens is 166 g/mol. The summed E-state index contributed by atoms with van der Waals surface area (Å²) in [5, 5.41) is 12.4. The molecule has 0 aliphatic heterocycles. The molecule has 0 aromatic carbocycles. The lowest BCUT2D eigenvalue weighted by molar-refractivity contribution is 0.111. The van der Waals surface area contributed by atoms with Crippen molar-refractivity contribution in [2.24, 2.45) is 5.92 Å². The Morgan fingerprint density at radius 2 is 2.15 bits per heavy atom. The highest BCUT2D eigenvalue weighted by molar-refractivity contribution is 4.72. The van der Waals surface area contributed by atoms with Gasteiger partial charge < -0.3 is 15.2 Å². The van der Waals surface area contributed by atoms with E-state index in [4.69, 9.17) is 4.74 Å². The first-order valence-electron chi connectivity index (χ1n) is 5.19. The number of hydrogen-bond acceptors (Lipinski definition) is 3. The Labute approximate surface area is 80.5 Å². The van der Waals surface area contributed by atoms with E-state index in [9.17, 15) is 5.11 Å². The number of hydrogen-bond donors (Lipinski definition) is 2. The van der Waals surface area contributed by atoms with Gasteiger partial charge in [0.15, 0.2) is 0 Å². The monoisotopic (exact) mass is 187 g/mol. The summed E-state index contributed by atoms with van der Waals surface area (Å²) in [6.07, 6.45) is 2.40. The zero-order valence-electron chi connectivity index (χ0n) is 8.62. The fourth-order valence-electron chi connectivity index (χ4n) is 1.06. The van der Waals surface area contributed by atoms with E-state index in [1.54, 1.807) is 6.92 Å². The van der Waals surface area contributed by atoms with Gasteiger partial charge in [-0.3, -0.25) is 0 Å². The van der Waals surface area contributed by atoms with Gasteiger partial charge in [-0.2, -0.15) is 0 Å². The van der Waals surface area contributed by atoms with Crippen molar-refractivity contribution >= 4 is 0 Å². The second kappa shape index (κ2) is 5.58. The van der Waals surface area contributed by atoms with Crippen LogP contribution in [0.2, 0.25) is 0 Å². The zero-order chi connectivity index (χ0) is 9.68.